The second-order valence-electron chi connectivity index (χ2n) is 7.90. The first-order valence-corrected chi connectivity index (χ1v) is 10.3. The van der Waals surface area contributed by atoms with Crippen LogP contribution < -0.4 is 11.2 Å². The van der Waals surface area contributed by atoms with E-state index in [9.17, 15) is 14.4 Å². The summed E-state index contributed by atoms with van der Waals surface area (Å²) in [7, 11) is 0. The highest BCUT2D eigenvalue weighted by molar-refractivity contribution is 5.97. The third kappa shape index (κ3) is 3.87. The van der Waals surface area contributed by atoms with E-state index >= 15 is 0 Å². The second-order valence-corrected chi connectivity index (χ2v) is 7.90. The number of carbonyl (C=O) groups excluding carboxylic acids is 1. The molecule has 2 aliphatic rings. The maximum Gasteiger partial charge on any atom is 0.328 e. The fourth-order valence-electron chi connectivity index (χ4n) is 4.43. The Labute approximate surface area is 164 Å². The molecule has 28 heavy (non-hydrogen) atoms. The highest BCUT2D eigenvalue weighted by atomic mass is 16.2. The summed E-state index contributed by atoms with van der Waals surface area (Å²) in [6, 6.07) is 9.48. The molecule has 2 heterocycles. The Kier molecular flexibility index (Phi) is 5.57. The summed E-state index contributed by atoms with van der Waals surface area (Å²) in [6.45, 7) is 2.70. The van der Waals surface area contributed by atoms with Crippen LogP contribution in [0.1, 0.15) is 47.3 Å². The molecular formula is C22H27N3O3. The van der Waals surface area contributed by atoms with Gasteiger partial charge < -0.3 is 9.88 Å². The number of nitrogens with zero attached hydrogens (tertiary/aromatic N) is 2. The number of H-pyrrole nitrogens is 1. The fourth-order valence-corrected chi connectivity index (χ4v) is 4.43. The number of hydrogen-bond donors (Lipinski definition) is 1. The van der Waals surface area contributed by atoms with Crippen molar-refractivity contribution in [3.8, 4) is 0 Å². The monoisotopic (exact) mass is 381 g/mol. The van der Waals surface area contributed by atoms with E-state index in [0.29, 0.717) is 13.1 Å². The molecule has 0 bridgehead atoms. The quantitative estimate of drug-likeness (QED) is 0.804. The summed E-state index contributed by atoms with van der Waals surface area (Å²) in [4.78, 5) is 42.8. The average molecular weight is 381 g/mol. The van der Waals surface area contributed by atoms with Crippen LogP contribution in [-0.2, 0) is 19.4 Å². The predicted octanol–water partition coefficient (Wildman–Crippen LogP) is 2.01. The van der Waals surface area contributed by atoms with Gasteiger partial charge in [-0.2, -0.15) is 0 Å². The van der Waals surface area contributed by atoms with Crippen molar-refractivity contribution in [2.45, 2.75) is 45.1 Å². The number of piperidine rings is 1. The first-order valence-electron chi connectivity index (χ1n) is 10.3. The number of likely N-dealkylation sites (tertiary alicyclic amines) is 1. The number of fused-ring (bicyclic) bond motifs is 1. The second kappa shape index (κ2) is 8.27. The smallest absolute Gasteiger partial charge is 0.311 e. The SMILES string of the molecule is O=C(c1ccccc1)C1CCN(CCn2c(=O)[nH]c3c(c2=O)CCCC3)CC1. The Hall–Kier alpha value is -2.47. The van der Waals surface area contributed by atoms with Crippen molar-refractivity contribution in [1.29, 1.82) is 0 Å². The molecule has 1 aromatic carbocycles. The minimum Gasteiger partial charge on any atom is -0.311 e. The Balaban J connectivity index is 1.36. The zero-order valence-corrected chi connectivity index (χ0v) is 16.2. The van der Waals surface area contributed by atoms with Gasteiger partial charge in [0.05, 0.1) is 0 Å². The maximum atomic E-state index is 12.7. The van der Waals surface area contributed by atoms with Gasteiger partial charge >= 0.3 is 5.69 Å². The minimum absolute atomic E-state index is 0.0634. The van der Waals surface area contributed by atoms with Crippen LogP contribution in [0, 0.1) is 5.92 Å². The van der Waals surface area contributed by atoms with Gasteiger partial charge in [-0.25, -0.2) is 4.79 Å². The zero-order chi connectivity index (χ0) is 19.5. The topological polar surface area (TPSA) is 75.2 Å². The van der Waals surface area contributed by atoms with E-state index in [0.717, 1.165) is 68.4 Å². The summed E-state index contributed by atoms with van der Waals surface area (Å²) in [6.07, 6.45) is 5.24. The molecule has 0 radical (unpaired) electrons. The summed E-state index contributed by atoms with van der Waals surface area (Å²) in [5, 5.41) is 0. The van der Waals surface area contributed by atoms with Crippen LogP contribution in [0.25, 0.3) is 0 Å². The molecule has 2 aromatic rings. The van der Waals surface area contributed by atoms with Crippen LogP contribution in [0.15, 0.2) is 39.9 Å². The Bertz CT molecular complexity index is 953. The van der Waals surface area contributed by atoms with Gasteiger partial charge in [-0.15, -0.1) is 0 Å². The number of aromatic amines is 1. The average Bonchev–Trinajstić information content (AvgIpc) is 2.74. The third-order valence-corrected chi connectivity index (χ3v) is 6.13. The van der Waals surface area contributed by atoms with Gasteiger partial charge in [0.25, 0.3) is 5.56 Å². The molecule has 0 saturated carbocycles. The normalized spacial score (nSPS) is 18.0. The standard InChI is InChI=1S/C22H27N3O3/c26-20(16-6-2-1-3-7-16)17-10-12-24(13-11-17)14-15-25-21(27)18-8-4-5-9-19(18)23-22(25)28/h1-3,6-7,17H,4-5,8-15H2,(H,23,28). The van der Waals surface area contributed by atoms with Gasteiger partial charge in [0.1, 0.15) is 0 Å². The number of aryl methyl sites for hydroxylation is 1. The number of benzene rings is 1. The molecule has 1 fully saturated rings. The number of aromatic nitrogens is 2. The highest BCUT2D eigenvalue weighted by Crippen LogP contribution is 2.21. The van der Waals surface area contributed by atoms with Gasteiger partial charge in [-0.3, -0.25) is 14.2 Å². The molecule has 0 amide bonds. The van der Waals surface area contributed by atoms with Gasteiger partial charge in [0, 0.05) is 35.8 Å². The van der Waals surface area contributed by atoms with Gasteiger partial charge in [0.2, 0.25) is 0 Å². The van der Waals surface area contributed by atoms with Crippen molar-refractivity contribution in [2.24, 2.45) is 5.92 Å². The number of Topliss-reactive ketones (excluding diaryl/α,β-unsaturated/α-hetero) is 1. The molecule has 6 heteroatoms. The van der Waals surface area contributed by atoms with E-state index in [-0.39, 0.29) is 23.0 Å². The molecule has 1 N–H and O–H groups in total. The lowest BCUT2D eigenvalue weighted by atomic mass is 9.89. The van der Waals surface area contributed by atoms with Crippen LogP contribution in [0.5, 0.6) is 0 Å². The van der Waals surface area contributed by atoms with Crippen molar-refractivity contribution in [3.05, 3.63) is 68.0 Å². The molecular weight excluding hydrogens is 354 g/mol. The van der Waals surface area contributed by atoms with Gasteiger partial charge in [-0.05, 0) is 51.6 Å². The van der Waals surface area contributed by atoms with E-state index in [4.69, 9.17) is 0 Å². The van der Waals surface area contributed by atoms with E-state index < -0.39 is 0 Å². The lowest BCUT2D eigenvalue weighted by Crippen LogP contribution is -2.44. The number of hydrogen-bond acceptors (Lipinski definition) is 4. The zero-order valence-electron chi connectivity index (χ0n) is 16.2. The van der Waals surface area contributed by atoms with Crippen molar-refractivity contribution < 1.29 is 4.79 Å². The number of carbonyl (C=O) groups is 1. The van der Waals surface area contributed by atoms with E-state index in [2.05, 4.69) is 9.88 Å². The van der Waals surface area contributed by atoms with Crippen LogP contribution >= 0.6 is 0 Å². The Morgan fingerprint density at radius 2 is 1.71 bits per heavy atom. The van der Waals surface area contributed by atoms with Crippen molar-refractivity contribution in [2.75, 3.05) is 19.6 Å². The number of ketones is 1. The first kappa shape index (κ1) is 18.9. The molecule has 1 aliphatic heterocycles. The van der Waals surface area contributed by atoms with Crippen LogP contribution in [0.3, 0.4) is 0 Å². The Morgan fingerprint density at radius 1 is 1.00 bits per heavy atom. The summed E-state index contributed by atoms with van der Waals surface area (Å²) < 4.78 is 1.35. The first-order chi connectivity index (χ1) is 13.6. The molecule has 6 nitrogen and oxygen atoms in total. The van der Waals surface area contributed by atoms with Crippen LogP contribution in [-0.4, -0.2) is 39.9 Å². The van der Waals surface area contributed by atoms with Gasteiger partial charge in [0.15, 0.2) is 5.78 Å². The summed E-state index contributed by atoms with van der Waals surface area (Å²) >= 11 is 0. The molecule has 0 atom stereocenters. The molecule has 1 aliphatic carbocycles. The summed E-state index contributed by atoms with van der Waals surface area (Å²) in [5.41, 5.74) is 2.00. The highest BCUT2D eigenvalue weighted by Gasteiger charge is 2.26. The van der Waals surface area contributed by atoms with Crippen molar-refractivity contribution in [3.63, 3.8) is 0 Å². The van der Waals surface area contributed by atoms with E-state index in [1.165, 1.54) is 4.57 Å². The van der Waals surface area contributed by atoms with E-state index in [1.54, 1.807) is 0 Å². The van der Waals surface area contributed by atoms with Crippen molar-refractivity contribution in [1.82, 2.24) is 14.5 Å². The lowest BCUT2D eigenvalue weighted by molar-refractivity contribution is 0.0837. The molecule has 148 valence electrons. The third-order valence-electron chi connectivity index (χ3n) is 6.13. The minimum atomic E-state index is -0.292. The Morgan fingerprint density at radius 3 is 2.46 bits per heavy atom. The summed E-state index contributed by atoms with van der Waals surface area (Å²) in [5.74, 6) is 0.288. The molecule has 4 rings (SSSR count). The molecule has 0 spiro atoms. The predicted molar refractivity (Wildman–Crippen MR) is 108 cm³/mol. The molecule has 1 saturated heterocycles. The fraction of sp³-hybridized carbons (Fsp3) is 0.500. The number of rotatable bonds is 5. The molecule has 0 unspecified atom stereocenters. The molecule has 1 aromatic heterocycles. The van der Waals surface area contributed by atoms with Crippen LogP contribution in [0.2, 0.25) is 0 Å². The van der Waals surface area contributed by atoms with Gasteiger partial charge in [-0.1, -0.05) is 30.3 Å². The number of nitrogens with one attached hydrogen (secondary N) is 1. The van der Waals surface area contributed by atoms with Crippen LogP contribution in [0.4, 0.5) is 0 Å². The van der Waals surface area contributed by atoms with E-state index in [1.807, 2.05) is 30.3 Å². The largest absolute Gasteiger partial charge is 0.328 e. The van der Waals surface area contributed by atoms with Crippen molar-refractivity contribution >= 4 is 5.78 Å². The lowest BCUT2D eigenvalue weighted by Gasteiger charge is -2.31. The maximum absolute atomic E-state index is 12.7.